The summed E-state index contributed by atoms with van der Waals surface area (Å²) in [6.07, 6.45) is 3.66. The van der Waals surface area contributed by atoms with Gasteiger partial charge >= 0.3 is 17.7 Å². The van der Waals surface area contributed by atoms with Gasteiger partial charge < -0.3 is 14.8 Å². The molecule has 1 aliphatic rings. The molecular formula is C18H23N3O7. The van der Waals surface area contributed by atoms with Gasteiger partial charge in [0.25, 0.3) is 5.91 Å². The molecule has 28 heavy (non-hydrogen) atoms. The van der Waals surface area contributed by atoms with Crippen LogP contribution in [0.15, 0.2) is 18.2 Å². The van der Waals surface area contributed by atoms with Crippen molar-refractivity contribution >= 4 is 23.6 Å². The first-order chi connectivity index (χ1) is 13.3. The van der Waals surface area contributed by atoms with Crippen LogP contribution in [0.3, 0.4) is 0 Å². The van der Waals surface area contributed by atoms with Crippen LogP contribution in [-0.2, 0) is 9.53 Å². The van der Waals surface area contributed by atoms with Crippen LogP contribution in [0.1, 0.15) is 49.4 Å². The van der Waals surface area contributed by atoms with E-state index in [0.29, 0.717) is 0 Å². The minimum Gasteiger partial charge on any atom is -0.490 e. The molecule has 0 bridgehead atoms. The van der Waals surface area contributed by atoms with Crippen LogP contribution in [0.2, 0.25) is 0 Å². The lowest BCUT2D eigenvalue weighted by molar-refractivity contribution is -0.385. The molecule has 0 aliphatic heterocycles. The first kappa shape index (κ1) is 21.1. The second-order valence-corrected chi connectivity index (χ2v) is 6.49. The highest BCUT2D eigenvalue weighted by Gasteiger charge is 2.24. The predicted octanol–water partition coefficient (Wildman–Crippen LogP) is 2.31. The van der Waals surface area contributed by atoms with Gasteiger partial charge in [-0.1, -0.05) is 19.3 Å². The number of hydrogen-bond acceptors (Lipinski definition) is 7. The average molecular weight is 393 g/mol. The van der Waals surface area contributed by atoms with Crippen molar-refractivity contribution in [1.82, 2.24) is 10.6 Å². The molecular weight excluding hydrogens is 370 g/mol. The fraction of sp³-hybridized carbons (Fsp3) is 0.500. The molecule has 0 aromatic heterocycles. The van der Waals surface area contributed by atoms with E-state index in [4.69, 9.17) is 9.47 Å². The number of carbonyl (C=O) groups is 3. The molecule has 3 amide bonds. The molecule has 152 valence electrons. The second kappa shape index (κ2) is 9.67. The van der Waals surface area contributed by atoms with Gasteiger partial charge in [-0.2, -0.15) is 0 Å². The average Bonchev–Trinajstić information content (AvgIpc) is 2.67. The van der Waals surface area contributed by atoms with Crippen molar-refractivity contribution in [1.29, 1.82) is 0 Å². The number of benzene rings is 1. The van der Waals surface area contributed by atoms with E-state index < -0.39 is 34.6 Å². The Morgan fingerprint density at radius 3 is 2.50 bits per heavy atom. The number of nitro benzene ring substituents is 1. The highest BCUT2D eigenvalue weighted by Crippen LogP contribution is 2.27. The Kier molecular flexibility index (Phi) is 7.30. The van der Waals surface area contributed by atoms with Crippen molar-refractivity contribution in [3.8, 4) is 5.75 Å². The molecule has 1 atom stereocenters. The van der Waals surface area contributed by atoms with Crippen molar-refractivity contribution < 1.29 is 28.8 Å². The molecule has 0 radical (unpaired) electrons. The highest BCUT2D eigenvalue weighted by atomic mass is 16.6. The summed E-state index contributed by atoms with van der Waals surface area (Å²) in [4.78, 5) is 46.5. The van der Waals surface area contributed by atoms with Crippen molar-refractivity contribution in [3.63, 3.8) is 0 Å². The lowest BCUT2D eigenvalue weighted by Gasteiger charge is -2.23. The number of esters is 1. The summed E-state index contributed by atoms with van der Waals surface area (Å²) in [6, 6.07) is 2.94. The van der Waals surface area contributed by atoms with Crippen LogP contribution in [0.5, 0.6) is 5.75 Å². The summed E-state index contributed by atoms with van der Waals surface area (Å²) in [5, 5.41) is 15.9. The predicted molar refractivity (Wildman–Crippen MR) is 98.1 cm³/mol. The van der Waals surface area contributed by atoms with Gasteiger partial charge in [-0.3, -0.25) is 20.2 Å². The Balaban J connectivity index is 1.92. The first-order valence-electron chi connectivity index (χ1n) is 8.96. The molecule has 0 heterocycles. The molecule has 10 heteroatoms. The summed E-state index contributed by atoms with van der Waals surface area (Å²) in [5.74, 6) is -1.72. The number of nitro groups is 1. The second-order valence-electron chi connectivity index (χ2n) is 6.49. The smallest absolute Gasteiger partial charge is 0.339 e. The summed E-state index contributed by atoms with van der Waals surface area (Å²) in [6.45, 7) is 1.30. The van der Waals surface area contributed by atoms with Gasteiger partial charge in [-0.25, -0.2) is 9.59 Å². The van der Waals surface area contributed by atoms with Gasteiger partial charge in [0.15, 0.2) is 11.9 Å². The lowest BCUT2D eigenvalue weighted by atomic mass is 9.96. The number of carbonyl (C=O) groups excluding carboxylic acids is 3. The third-order valence-electron chi connectivity index (χ3n) is 4.44. The van der Waals surface area contributed by atoms with Crippen LogP contribution in [0.4, 0.5) is 10.5 Å². The molecule has 2 N–H and O–H groups in total. The van der Waals surface area contributed by atoms with Crippen LogP contribution in [-0.4, -0.2) is 42.1 Å². The fourth-order valence-corrected chi connectivity index (χ4v) is 2.92. The normalized spacial score (nSPS) is 15.2. The largest absolute Gasteiger partial charge is 0.490 e. The quantitative estimate of drug-likeness (QED) is 0.430. The zero-order valence-corrected chi connectivity index (χ0v) is 15.7. The summed E-state index contributed by atoms with van der Waals surface area (Å²) in [5.41, 5.74) is -0.514. The van der Waals surface area contributed by atoms with Gasteiger partial charge in [0.1, 0.15) is 0 Å². The monoisotopic (exact) mass is 393 g/mol. The van der Waals surface area contributed by atoms with Gasteiger partial charge in [0, 0.05) is 12.1 Å². The number of amides is 3. The Hall–Kier alpha value is -3.17. The van der Waals surface area contributed by atoms with E-state index in [1.807, 2.05) is 0 Å². The molecule has 10 nitrogen and oxygen atoms in total. The van der Waals surface area contributed by atoms with Crippen LogP contribution >= 0.6 is 0 Å². The number of ether oxygens (including phenoxy) is 2. The van der Waals surface area contributed by atoms with Crippen LogP contribution < -0.4 is 15.4 Å². The Labute approximate surface area is 161 Å². The van der Waals surface area contributed by atoms with E-state index >= 15 is 0 Å². The molecule has 0 saturated heterocycles. The maximum absolute atomic E-state index is 12.2. The number of hydrogen-bond donors (Lipinski definition) is 2. The first-order valence-corrected chi connectivity index (χ1v) is 8.96. The topological polar surface area (TPSA) is 137 Å². The fourth-order valence-electron chi connectivity index (χ4n) is 2.92. The number of rotatable bonds is 6. The van der Waals surface area contributed by atoms with Gasteiger partial charge in [-0.05, 0) is 31.9 Å². The number of nitrogens with zero attached hydrogens (tertiary/aromatic N) is 1. The minimum atomic E-state index is -1.26. The number of urea groups is 1. The maximum Gasteiger partial charge on any atom is 0.339 e. The van der Waals surface area contributed by atoms with E-state index in [9.17, 15) is 24.5 Å². The Morgan fingerprint density at radius 1 is 1.21 bits per heavy atom. The third-order valence-corrected chi connectivity index (χ3v) is 4.44. The standard InChI is InChI=1S/C18H23N3O7/c1-11(16(22)20-18(24)19-13-6-4-3-5-7-13)28-17(23)12-8-9-15(27-2)14(10-12)21(25)26/h8-11,13H,3-7H2,1-2H3,(H2,19,20,22,24)/t11-/m1/s1. The minimum absolute atomic E-state index is 0.00766. The van der Waals surface area contributed by atoms with E-state index in [1.165, 1.54) is 26.2 Å². The Morgan fingerprint density at radius 2 is 1.89 bits per heavy atom. The lowest BCUT2D eigenvalue weighted by Crippen LogP contribution is -2.48. The number of nitrogens with one attached hydrogen (secondary N) is 2. The molecule has 1 aromatic carbocycles. The van der Waals surface area contributed by atoms with Crippen molar-refractivity contribution in [2.75, 3.05) is 7.11 Å². The van der Waals surface area contributed by atoms with Crippen LogP contribution in [0, 0.1) is 10.1 Å². The zero-order chi connectivity index (χ0) is 20.7. The summed E-state index contributed by atoms with van der Waals surface area (Å²) < 4.78 is 9.87. The van der Waals surface area contributed by atoms with Gasteiger partial charge in [-0.15, -0.1) is 0 Å². The highest BCUT2D eigenvalue weighted by molar-refractivity contribution is 5.98. The molecule has 1 fully saturated rings. The Bertz CT molecular complexity index is 760. The van der Waals surface area contributed by atoms with E-state index in [2.05, 4.69) is 10.6 Å². The van der Waals surface area contributed by atoms with E-state index in [0.717, 1.165) is 38.2 Å². The molecule has 2 rings (SSSR count). The summed E-state index contributed by atoms with van der Waals surface area (Å²) >= 11 is 0. The molecule has 0 unspecified atom stereocenters. The van der Waals surface area contributed by atoms with Gasteiger partial charge in [0.2, 0.25) is 0 Å². The molecule has 1 aliphatic carbocycles. The third kappa shape index (κ3) is 5.66. The molecule has 0 spiro atoms. The molecule has 1 saturated carbocycles. The maximum atomic E-state index is 12.2. The van der Waals surface area contributed by atoms with Crippen LogP contribution in [0.25, 0.3) is 0 Å². The van der Waals surface area contributed by atoms with Crippen molar-refractivity contribution in [3.05, 3.63) is 33.9 Å². The zero-order valence-electron chi connectivity index (χ0n) is 15.7. The SMILES string of the molecule is COc1ccc(C(=O)O[C@H](C)C(=O)NC(=O)NC2CCCCC2)cc1[N+](=O)[O-]. The van der Waals surface area contributed by atoms with Gasteiger partial charge in [0.05, 0.1) is 17.6 Å². The molecule has 1 aromatic rings. The number of imide groups is 1. The number of methoxy groups -OCH3 is 1. The van der Waals surface area contributed by atoms with E-state index in [-0.39, 0.29) is 17.4 Å². The van der Waals surface area contributed by atoms with Crippen molar-refractivity contribution in [2.45, 2.75) is 51.2 Å². The van der Waals surface area contributed by atoms with E-state index in [1.54, 1.807) is 0 Å². The summed E-state index contributed by atoms with van der Waals surface area (Å²) in [7, 11) is 1.27. The van der Waals surface area contributed by atoms with Crippen molar-refractivity contribution in [2.24, 2.45) is 0 Å².